The first-order valence-electron chi connectivity index (χ1n) is 3.87. The largest absolute Gasteiger partial charge is 0.399 e. The fraction of sp³-hybridized carbons (Fsp3) is 0.250. The number of alkyl halides is 2. The lowest BCUT2D eigenvalue weighted by molar-refractivity contribution is 0.0556. The van der Waals surface area contributed by atoms with Crippen molar-refractivity contribution < 1.29 is 23.1 Å². The molecule has 1 aromatic carbocycles. The van der Waals surface area contributed by atoms with Gasteiger partial charge in [0, 0.05) is 10.0 Å². The molecule has 0 aromatic heterocycles. The summed E-state index contributed by atoms with van der Waals surface area (Å²) in [4.78, 5) is 17.1. The van der Waals surface area contributed by atoms with Crippen LogP contribution in [0, 0.1) is 6.92 Å². The first-order chi connectivity index (χ1) is 6.68. The van der Waals surface area contributed by atoms with Crippen molar-refractivity contribution in [1.29, 1.82) is 0 Å². The van der Waals surface area contributed by atoms with Crippen LogP contribution in [0.25, 0.3) is 0 Å². The average Bonchev–Trinajstić information content (AvgIpc) is 2.07. The standard InChI is InChI=1S/C8H8BrF2O3P/c1-5-3-2-4-6(7(5)9)8(10,11)15(12,13)14/h2-4H,1H3,(H2,12,13,14). The van der Waals surface area contributed by atoms with E-state index in [1.54, 1.807) is 13.0 Å². The predicted molar refractivity (Wildman–Crippen MR) is 54.8 cm³/mol. The number of benzene rings is 1. The highest BCUT2D eigenvalue weighted by atomic mass is 79.9. The van der Waals surface area contributed by atoms with Gasteiger partial charge in [0.15, 0.2) is 0 Å². The highest BCUT2D eigenvalue weighted by Gasteiger charge is 2.51. The van der Waals surface area contributed by atoms with E-state index in [1.807, 2.05) is 0 Å². The highest BCUT2D eigenvalue weighted by molar-refractivity contribution is 9.10. The maximum Gasteiger partial charge on any atom is 0.399 e. The van der Waals surface area contributed by atoms with Crippen molar-refractivity contribution in [3.05, 3.63) is 33.8 Å². The Hall–Kier alpha value is -0.290. The third-order valence-corrected chi connectivity index (χ3v) is 3.91. The van der Waals surface area contributed by atoms with Crippen LogP contribution in [0.4, 0.5) is 8.78 Å². The van der Waals surface area contributed by atoms with Crippen molar-refractivity contribution in [2.24, 2.45) is 0 Å². The molecule has 0 saturated heterocycles. The van der Waals surface area contributed by atoms with E-state index in [1.165, 1.54) is 6.07 Å². The molecule has 0 atom stereocenters. The zero-order valence-electron chi connectivity index (χ0n) is 7.62. The third-order valence-electron chi connectivity index (χ3n) is 1.88. The van der Waals surface area contributed by atoms with E-state index in [4.69, 9.17) is 9.79 Å². The minimum Gasteiger partial charge on any atom is -0.320 e. The summed E-state index contributed by atoms with van der Waals surface area (Å²) >= 11 is 2.89. The van der Waals surface area contributed by atoms with Gasteiger partial charge in [0.2, 0.25) is 0 Å². The van der Waals surface area contributed by atoms with Crippen LogP contribution in [0.1, 0.15) is 11.1 Å². The molecule has 0 fully saturated rings. The average molecular weight is 301 g/mol. The van der Waals surface area contributed by atoms with Crippen molar-refractivity contribution in [3.8, 4) is 0 Å². The minimum absolute atomic E-state index is 0.0123. The van der Waals surface area contributed by atoms with Gasteiger partial charge in [-0.15, -0.1) is 0 Å². The van der Waals surface area contributed by atoms with Crippen molar-refractivity contribution in [3.63, 3.8) is 0 Å². The number of aryl methyl sites for hydroxylation is 1. The second-order valence-electron chi connectivity index (χ2n) is 3.02. The molecular formula is C8H8BrF2O3P. The Morgan fingerprint density at radius 2 is 1.93 bits per heavy atom. The van der Waals surface area contributed by atoms with Crippen molar-refractivity contribution in [2.45, 2.75) is 12.6 Å². The van der Waals surface area contributed by atoms with Gasteiger partial charge < -0.3 is 9.79 Å². The van der Waals surface area contributed by atoms with Crippen LogP contribution >= 0.6 is 23.5 Å². The molecule has 0 aliphatic rings. The highest BCUT2D eigenvalue weighted by Crippen LogP contribution is 2.60. The molecule has 7 heteroatoms. The van der Waals surface area contributed by atoms with Gasteiger partial charge >= 0.3 is 13.3 Å². The van der Waals surface area contributed by atoms with E-state index in [0.29, 0.717) is 5.56 Å². The summed E-state index contributed by atoms with van der Waals surface area (Å²) in [5, 5.41) is 0. The van der Waals surface area contributed by atoms with Gasteiger partial charge in [-0.2, -0.15) is 8.78 Å². The second-order valence-corrected chi connectivity index (χ2v) is 5.46. The maximum atomic E-state index is 13.3. The minimum atomic E-state index is -5.50. The number of halogens is 3. The molecule has 0 spiro atoms. The molecule has 3 nitrogen and oxygen atoms in total. The van der Waals surface area contributed by atoms with Crippen LogP contribution in [-0.2, 0) is 10.2 Å². The van der Waals surface area contributed by atoms with Gasteiger partial charge in [0.25, 0.3) is 0 Å². The van der Waals surface area contributed by atoms with Gasteiger partial charge in [-0.25, -0.2) is 0 Å². The Kier molecular flexibility index (Phi) is 3.36. The van der Waals surface area contributed by atoms with Crippen LogP contribution in [0.3, 0.4) is 0 Å². The Bertz CT molecular complexity index is 430. The molecule has 0 bridgehead atoms. The molecule has 0 saturated carbocycles. The van der Waals surface area contributed by atoms with Gasteiger partial charge in [0.1, 0.15) is 0 Å². The lowest BCUT2D eigenvalue weighted by Crippen LogP contribution is -2.14. The molecule has 2 N–H and O–H groups in total. The molecule has 0 aliphatic carbocycles. The van der Waals surface area contributed by atoms with E-state index in [9.17, 15) is 13.3 Å². The van der Waals surface area contributed by atoms with E-state index >= 15 is 0 Å². The molecule has 0 heterocycles. The summed E-state index contributed by atoms with van der Waals surface area (Å²) in [6, 6.07) is 3.86. The number of hydrogen-bond donors (Lipinski definition) is 2. The van der Waals surface area contributed by atoms with Gasteiger partial charge in [0.05, 0.1) is 0 Å². The van der Waals surface area contributed by atoms with E-state index in [0.717, 1.165) is 6.07 Å². The summed E-state index contributed by atoms with van der Waals surface area (Å²) < 4.78 is 37.3. The Labute approximate surface area is 93.4 Å². The van der Waals surface area contributed by atoms with Crippen molar-refractivity contribution >= 4 is 23.5 Å². The van der Waals surface area contributed by atoms with Crippen molar-refractivity contribution in [2.75, 3.05) is 0 Å². The maximum absolute atomic E-state index is 13.3. The number of rotatable bonds is 2. The van der Waals surface area contributed by atoms with Crippen LogP contribution in [0.5, 0.6) is 0 Å². The monoisotopic (exact) mass is 300 g/mol. The SMILES string of the molecule is Cc1cccc(C(F)(F)P(=O)(O)O)c1Br. The topological polar surface area (TPSA) is 57.5 Å². The van der Waals surface area contributed by atoms with Gasteiger partial charge in [-0.3, -0.25) is 4.57 Å². The quantitative estimate of drug-likeness (QED) is 0.826. The van der Waals surface area contributed by atoms with Crippen LogP contribution in [-0.4, -0.2) is 9.79 Å². The zero-order chi connectivity index (χ0) is 11.9. The van der Waals surface area contributed by atoms with Crippen molar-refractivity contribution in [1.82, 2.24) is 0 Å². The molecule has 0 aliphatic heterocycles. The molecule has 1 aromatic rings. The van der Waals surface area contributed by atoms with Crippen LogP contribution < -0.4 is 0 Å². The Morgan fingerprint density at radius 1 is 1.40 bits per heavy atom. The van der Waals surface area contributed by atoms with Gasteiger partial charge in [-0.1, -0.05) is 18.2 Å². The molecule has 0 radical (unpaired) electrons. The summed E-state index contributed by atoms with van der Waals surface area (Å²) in [6.45, 7) is 1.56. The Morgan fingerprint density at radius 3 is 2.40 bits per heavy atom. The molecule has 0 amide bonds. The first kappa shape index (κ1) is 12.8. The fourth-order valence-electron chi connectivity index (χ4n) is 1.04. The summed E-state index contributed by atoms with van der Waals surface area (Å²) in [5.74, 6) is 0. The summed E-state index contributed by atoms with van der Waals surface area (Å²) in [6.07, 6.45) is 0. The lowest BCUT2D eigenvalue weighted by Gasteiger charge is -2.19. The third kappa shape index (κ3) is 2.28. The predicted octanol–water partition coefficient (Wildman–Crippen LogP) is 2.98. The summed E-state index contributed by atoms with van der Waals surface area (Å²) in [7, 11) is -5.50. The second kappa shape index (κ2) is 3.94. The molecule has 0 unspecified atom stereocenters. The normalized spacial score (nSPS) is 12.9. The van der Waals surface area contributed by atoms with Crippen LogP contribution in [0.2, 0.25) is 0 Å². The molecule has 15 heavy (non-hydrogen) atoms. The van der Waals surface area contributed by atoms with E-state index < -0.39 is 18.8 Å². The summed E-state index contributed by atoms with van der Waals surface area (Å²) in [5.41, 5.74) is -4.38. The lowest BCUT2D eigenvalue weighted by atomic mass is 10.1. The first-order valence-corrected chi connectivity index (χ1v) is 6.27. The molecule has 1 rings (SSSR count). The van der Waals surface area contributed by atoms with Gasteiger partial charge in [-0.05, 0) is 28.4 Å². The molecular weight excluding hydrogens is 293 g/mol. The van der Waals surface area contributed by atoms with E-state index in [2.05, 4.69) is 15.9 Å². The molecule has 84 valence electrons. The Balaban J connectivity index is 3.40. The fourth-order valence-corrected chi connectivity index (χ4v) is 2.20. The number of hydrogen-bond acceptors (Lipinski definition) is 1. The smallest absolute Gasteiger partial charge is 0.320 e. The zero-order valence-corrected chi connectivity index (χ0v) is 10.1. The van der Waals surface area contributed by atoms with E-state index in [-0.39, 0.29) is 4.47 Å². The van der Waals surface area contributed by atoms with Crippen LogP contribution in [0.15, 0.2) is 22.7 Å².